The third kappa shape index (κ3) is 5.21. The van der Waals surface area contributed by atoms with Crippen molar-refractivity contribution < 1.29 is 18.8 Å². The number of nitrogens with zero attached hydrogens (tertiary/aromatic N) is 2. The van der Waals surface area contributed by atoms with Crippen molar-refractivity contribution in [2.45, 2.75) is 19.0 Å². The summed E-state index contributed by atoms with van der Waals surface area (Å²) in [6, 6.07) is 17.9. The molecule has 1 atom stereocenters. The molecule has 1 unspecified atom stereocenters. The number of nitrogens with one attached hydrogen (secondary N) is 2. The maximum atomic E-state index is 13.3. The van der Waals surface area contributed by atoms with Crippen molar-refractivity contribution in [2.75, 3.05) is 5.32 Å². The quantitative estimate of drug-likeness (QED) is 0.500. The molecule has 1 aliphatic rings. The second-order valence-corrected chi connectivity index (χ2v) is 8.06. The van der Waals surface area contributed by atoms with Crippen molar-refractivity contribution in [1.82, 2.24) is 15.3 Å². The van der Waals surface area contributed by atoms with Crippen LogP contribution >= 0.6 is 23.8 Å². The number of thiocarbonyl (C=S) groups is 1. The molecular formula is C23H19ClN4O4S. The van der Waals surface area contributed by atoms with Crippen molar-refractivity contribution in [1.29, 1.82) is 0 Å². The standard InChI is InChI=1S/C23H19ClN4O4S/c24-16-8-10-17(11-9-16)25-20(29)13-18-22(31)27(14-15-5-2-1-3-6-15)23(33)28(18)26-21(30)19-7-4-12-32-19/h1-12,18H,13-14H2,(H,25,29)(H,26,30). The lowest BCUT2D eigenvalue weighted by molar-refractivity contribution is -0.131. The van der Waals surface area contributed by atoms with Crippen molar-refractivity contribution in [3.8, 4) is 0 Å². The van der Waals surface area contributed by atoms with E-state index >= 15 is 0 Å². The van der Waals surface area contributed by atoms with Gasteiger partial charge in [-0.15, -0.1) is 0 Å². The molecule has 8 nitrogen and oxygen atoms in total. The summed E-state index contributed by atoms with van der Waals surface area (Å²) in [5, 5.41) is 4.60. The number of hydrogen-bond acceptors (Lipinski definition) is 5. The summed E-state index contributed by atoms with van der Waals surface area (Å²) >= 11 is 11.4. The molecule has 1 saturated heterocycles. The smallest absolute Gasteiger partial charge is 0.305 e. The van der Waals surface area contributed by atoms with E-state index in [4.69, 9.17) is 28.2 Å². The predicted octanol–water partition coefficient (Wildman–Crippen LogP) is 3.60. The predicted molar refractivity (Wildman–Crippen MR) is 126 cm³/mol. The van der Waals surface area contributed by atoms with Crippen LogP contribution in [0.5, 0.6) is 0 Å². The summed E-state index contributed by atoms with van der Waals surface area (Å²) in [6.45, 7) is 0.209. The van der Waals surface area contributed by atoms with E-state index in [9.17, 15) is 14.4 Å². The fourth-order valence-electron chi connectivity index (χ4n) is 3.36. The minimum atomic E-state index is -1.02. The molecule has 0 aliphatic carbocycles. The molecule has 33 heavy (non-hydrogen) atoms. The number of halogens is 1. The van der Waals surface area contributed by atoms with Gasteiger partial charge in [0.05, 0.1) is 19.2 Å². The lowest BCUT2D eigenvalue weighted by Crippen LogP contribution is -2.49. The van der Waals surface area contributed by atoms with E-state index in [1.165, 1.54) is 22.2 Å². The third-order valence-corrected chi connectivity index (χ3v) is 5.63. The van der Waals surface area contributed by atoms with E-state index in [1.807, 2.05) is 30.3 Å². The van der Waals surface area contributed by atoms with Gasteiger partial charge in [0, 0.05) is 10.7 Å². The number of amides is 3. The third-order valence-electron chi connectivity index (χ3n) is 4.96. The number of furan rings is 1. The Hall–Kier alpha value is -3.69. The molecule has 0 bridgehead atoms. The number of anilines is 1. The van der Waals surface area contributed by atoms with E-state index in [-0.39, 0.29) is 23.8 Å². The van der Waals surface area contributed by atoms with Crippen LogP contribution in [-0.4, -0.2) is 38.8 Å². The van der Waals surface area contributed by atoms with Crippen LogP contribution in [0, 0.1) is 0 Å². The minimum Gasteiger partial charge on any atom is -0.459 e. The van der Waals surface area contributed by atoms with Crippen LogP contribution in [-0.2, 0) is 16.1 Å². The van der Waals surface area contributed by atoms with E-state index in [0.29, 0.717) is 10.7 Å². The van der Waals surface area contributed by atoms with E-state index in [1.54, 1.807) is 30.3 Å². The van der Waals surface area contributed by atoms with Gasteiger partial charge in [0.2, 0.25) is 5.91 Å². The second kappa shape index (κ2) is 9.85. The van der Waals surface area contributed by atoms with Gasteiger partial charge in [-0.3, -0.25) is 24.7 Å². The number of rotatable bonds is 7. The Kier molecular flexibility index (Phi) is 6.71. The van der Waals surface area contributed by atoms with Crippen LogP contribution < -0.4 is 10.7 Å². The van der Waals surface area contributed by atoms with Crippen molar-refractivity contribution >= 4 is 52.3 Å². The summed E-state index contributed by atoms with van der Waals surface area (Å²) in [5.41, 5.74) is 3.99. The van der Waals surface area contributed by atoms with Crippen LogP contribution in [0.3, 0.4) is 0 Å². The largest absolute Gasteiger partial charge is 0.459 e. The Labute approximate surface area is 200 Å². The number of carbonyl (C=O) groups excluding carboxylic acids is 3. The fourth-order valence-corrected chi connectivity index (χ4v) is 3.81. The van der Waals surface area contributed by atoms with Crippen LogP contribution in [0.4, 0.5) is 5.69 Å². The van der Waals surface area contributed by atoms with E-state index < -0.39 is 23.8 Å². The van der Waals surface area contributed by atoms with Crippen LogP contribution in [0.2, 0.25) is 5.02 Å². The Morgan fingerprint density at radius 3 is 2.42 bits per heavy atom. The summed E-state index contributed by atoms with van der Waals surface area (Å²) in [7, 11) is 0. The van der Waals surface area contributed by atoms with E-state index in [2.05, 4.69) is 10.7 Å². The lowest BCUT2D eigenvalue weighted by Gasteiger charge is -2.23. The van der Waals surface area contributed by atoms with Gasteiger partial charge in [0.15, 0.2) is 10.9 Å². The Balaban J connectivity index is 1.54. The molecule has 10 heteroatoms. The zero-order valence-corrected chi connectivity index (χ0v) is 18.8. The average molecular weight is 483 g/mol. The Morgan fingerprint density at radius 2 is 1.76 bits per heavy atom. The maximum absolute atomic E-state index is 13.3. The number of hydrazine groups is 1. The molecule has 168 valence electrons. The molecule has 4 rings (SSSR count). The summed E-state index contributed by atoms with van der Waals surface area (Å²) in [4.78, 5) is 39.9. The summed E-state index contributed by atoms with van der Waals surface area (Å²) in [6.07, 6.45) is 1.13. The number of benzene rings is 2. The first-order valence-corrected chi connectivity index (χ1v) is 10.8. The molecule has 1 aliphatic heterocycles. The molecule has 2 N–H and O–H groups in total. The van der Waals surface area contributed by atoms with Gasteiger partial charge in [-0.1, -0.05) is 41.9 Å². The molecular weight excluding hydrogens is 464 g/mol. The normalized spacial score (nSPS) is 15.6. The van der Waals surface area contributed by atoms with Gasteiger partial charge in [0.1, 0.15) is 6.04 Å². The molecule has 3 amide bonds. The molecule has 2 heterocycles. The molecule has 1 fully saturated rings. The van der Waals surface area contributed by atoms with Gasteiger partial charge in [-0.05, 0) is 54.2 Å². The Bertz CT molecular complexity index is 1170. The van der Waals surface area contributed by atoms with Gasteiger partial charge in [0.25, 0.3) is 5.91 Å². The number of hydrogen-bond donors (Lipinski definition) is 2. The number of carbonyl (C=O) groups is 3. The SMILES string of the molecule is O=C(CC1C(=O)N(Cc2ccccc2)C(=S)N1NC(=O)c1ccco1)Nc1ccc(Cl)cc1. The first kappa shape index (κ1) is 22.5. The molecule has 1 aromatic heterocycles. The topological polar surface area (TPSA) is 94.9 Å². The van der Waals surface area contributed by atoms with Crippen molar-refractivity contribution in [2.24, 2.45) is 0 Å². The van der Waals surface area contributed by atoms with Gasteiger partial charge in [-0.25, -0.2) is 5.01 Å². The molecule has 0 radical (unpaired) electrons. The van der Waals surface area contributed by atoms with Gasteiger partial charge < -0.3 is 9.73 Å². The fraction of sp³-hybridized carbons (Fsp3) is 0.130. The molecule has 3 aromatic rings. The zero-order valence-electron chi connectivity index (χ0n) is 17.2. The highest BCUT2D eigenvalue weighted by molar-refractivity contribution is 7.80. The first-order chi connectivity index (χ1) is 15.9. The highest BCUT2D eigenvalue weighted by Gasteiger charge is 2.44. The molecule has 0 spiro atoms. The van der Waals surface area contributed by atoms with Gasteiger partial charge in [-0.2, -0.15) is 0 Å². The lowest BCUT2D eigenvalue weighted by atomic mass is 10.1. The second-order valence-electron chi connectivity index (χ2n) is 7.26. The molecule has 2 aromatic carbocycles. The molecule has 0 saturated carbocycles. The maximum Gasteiger partial charge on any atom is 0.305 e. The van der Waals surface area contributed by atoms with Crippen molar-refractivity contribution in [3.05, 3.63) is 89.3 Å². The highest BCUT2D eigenvalue weighted by Crippen LogP contribution is 2.23. The highest BCUT2D eigenvalue weighted by atomic mass is 35.5. The summed E-state index contributed by atoms with van der Waals surface area (Å²) < 4.78 is 5.12. The van der Waals surface area contributed by atoms with Crippen LogP contribution in [0.1, 0.15) is 22.5 Å². The summed E-state index contributed by atoms with van der Waals surface area (Å²) in [5.74, 6) is -1.34. The first-order valence-electron chi connectivity index (χ1n) is 10.0. The van der Waals surface area contributed by atoms with Crippen LogP contribution in [0.25, 0.3) is 0 Å². The zero-order chi connectivity index (χ0) is 23.4. The van der Waals surface area contributed by atoms with Crippen molar-refractivity contribution in [3.63, 3.8) is 0 Å². The minimum absolute atomic E-state index is 0.0520. The average Bonchev–Trinajstić information content (AvgIpc) is 3.42. The Morgan fingerprint density at radius 1 is 1.03 bits per heavy atom. The van der Waals surface area contributed by atoms with Gasteiger partial charge >= 0.3 is 5.91 Å². The van der Waals surface area contributed by atoms with E-state index in [0.717, 1.165) is 5.56 Å². The monoisotopic (exact) mass is 482 g/mol. The van der Waals surface area contributed by atoms with Crippen LogP contribution in [0.15, 0.2) is 77.4 Å².